The van der Waals surface area contributed by atoms with E-state index < -0.39 is 38.0 Å². The van der Waals surface area contributed by atoms with Crippen molar-refractivity contribution in [3.8, 4) is 27.0 Å². The summed E-state index contributed by atoms with van der Waals surface area (Å²) in [5.74, 6) is -1.08. The maximum atomic E-state index is 14.7. The van der Waals surface area contributed by atoms with E-state index in [2.05, 4.69) is 19.7 Å². The van der Waals surface area contributed by atoms with Crippen LogP contribution in [0.2, 0.25) is 5.02 Å². The number of rotatable bonds is 8. The van der Waals surface area contributed by atoms with Crippen LogP contribution in [-0.4, -0.2) is 48.6 Å². The third-order valence-corrected chi connectivity index (χ3v) is 6.65. The Bertz CT molecular complexity index is 1510. The van der Waals surface area contributed by atoms with Gasteiger partial charge in [-0.15, -0.1) is 10.2 Å². The second-order valence-corrected chi connectivity index (χ2v) is 10.4. The number of nitrogens with two attached hydrogens (primary N) is 1. The normalized spacial score (nSPS) is 13.3. The molecule has 0 radical (unpaired) electrons. The number of benzene rings is 1. The number of phosphoric ester groups is 1. The van der Waals surface area contributed by atoms with Gasteiger partial charge in [-0.25, -0.2) is 13.9 Å². The Hall–Kier alpha value is -2.65. The molecule has 1 aromatic carbocycles. The van der Waals surface area contributed by atoms with Gasteiger partial charge in [-0.3, -0.25) is 4.52 Å². The Labute approximate surface area is 214 Å². The summed E-state index contributed by atoms with van der Waals surface area (Å²) >= 11 is 7.28. The zero-order valence-electron chi connectivity index (χ0n) is 18.6. The highest BCUT2D eigenvalue weighted by molar-refractivity contribution is 7.46. The summed E-state index contributed by atoms with van der Waals surface area (Å²) < 4.78 is 75.6. The molecule has 0 saturated heterocycles. The minimum absolute atomic E-state index is 0.0554. The number of phosphoric acid groups is 1. The quantitative estimate of drug-likeness (QED) is 0.203. The minimum Gasteiger partial charge on any atom is -0.489 e. The summed E-state index contributed by atoms with van der Waals surface area (Å²) in [6.45, 7) is 0.668. The Morgan fingerprint density at radius 1 is 1.19 bits per heavy atom. The molecule has 17 heteroatoms. The molecule has 10 nitrogen and oxygen atoms in total. The number of hydrogen-bond acceptors (Lipinski definition) is 8. The number of hydrogen-bond donors (Lipinski definition) is 3. The monoisotopic (exact) mass is 581 g/mol. The van der Waals surface area contributed by atoms with E-state index in [1.807, 2.05) is 0 Å². The van der Waals surface area contributed by atoms with Crippen molar-refractivity contribution in [2.45, 2.75) is 19.1 Å². The summed E-state index contributed by atoms with van der Waals surface area (Å²) in [6.07, 6.45) is -2.20. The second-order valence-electron chi connectivity index (χ2n) is 7.80. The standard InChI is InChI=1S/C20H17ClF4N5O5PS/c1-9-2-10(20(23,24)25)5-30-6-15(27-17(9)30)19-29-28-18(37-19)12-3-14(22)16(4-13(12)21)34-7-11(26)8-35-36(31,32)33/h2-6,11H,7-8,26H2,1H3,(H2,31,32,33). The Kier molecular flexibility index (Phi) is 7.59. The van der Waals surface area contributed by atoms with Gasteiger partial charge in [-0.05, 0) is 24.6 Å². The molecule has 4 aromatic rings. The van der Waals surface area contributed by atoms with Crippen molar-refractivity contribution in [2.75, 3.05) is 13.2 Å². The van der Waals surface area contributed by atoms with Gasteiger partial charge in [0.1, 0.15) is 23.0 Å². The van der Waals surface area contributed by atoms with Gasteiger partial charge in [0.2, 0.25) is 0 Å². The fourth-order valence-electron chi connectivity index (χ4n) is 3.20. The van der Waals surface area contributed by atoms with Crippen LogP contribution >= 0.6 is 30.8 Å². The molecule has 4 N–H and O–H groups in total. The van der Waals surface area contributed by atoms with Crippen molar-refractivity contribution in [3.05, 3.63) is 52.6 Å². The van der Waals surface area contributed by atoms with Crippen LogP contribution in [0, 0.1) is 12.7 Å². The fraction of sp³-hybridized carbons (Fsp3) is 0.250. The van der Waals surface area contributed by atoms with Gasteiger partial charge < -0.3 is 24.7 Å². The maximum absolute atomic E-state index is 14.7. The maximum Gasteiger partial charge on any atom is 0.469 e. The zero-order valence-corrected chi connectivity index (χ0v) is 21.1. The van der Waals surface area contributed by atoms with Crippen molar-refractivity contribution in [1.29, 1.82) is 0 Å². The smallest absolute Gasteiger partial charge is 0.469 e. The van der Waals surface area contributed by atoms with Crippen LogP contribution in [0.1, 0.15) is 11.1 Å². The predicted molar refractivity (Wildman–Crippen MR) is 126 cm³/mol. The lowest BCUT2D eigenvalue weighted by Crippen LogP contribution is -2.32. The predicted octanol–water partition coefficient (Wildman–Crippen LogP) is 4.45. The lowest BCUT2D eigenvalue weighted by Gasteiger charge is -2.15. The lowest BCUT2D eigenvalue weighted by molar-refractivity contribution is -0.137. The number of aromatic nitrogens is 4. The molecule has 3 aromatic heterocycles. The summed E-state index contributed by atoms with van der Waals surface area (Å²) in [4.78, 5) is 21.7. The average Bonchev–Trinajstić information content (AvgIpc) is 3.44. The number of nitrogens with zero attached hydrogens (tertiary/aromatic N) is 4. The van der Waals surface area contributed by atoms with Gasteiger partial charge in [0.05, 0.1) is 23.2 Å². The van der Waals surface area contributed by atoms with Crippen LogP contribution in [0.25, 0.3) is 26.9 Å². The third-order valence-electron chi connectivity index (χ3n) is 4.87. The van der Waals surface area contributed by atoms with E-state index in [4.69, 9.17) is 31.9 Å². The number of ether oxygens (including phenoxy) is 1. The van der Waals surface area contributed by atoms with Crippen molar-refractivity contribution < 1.29 is 41.2 Å². The molecule has 3 heterocycles. The second kappa shape index (κ2) is 10.3. The molecule has 0 fully saturated rings. The largest absolute Gasteiger partial charge is 0.489 e. The van der Waals surface area contributed by atoms with E-state index in [9.17, 15) is 22.1 Å². The highest BCUT2D eigenvalue weighted by Gasteiger charge is 2.31. The van der Waals surface area contributed by atoms with E-state index in [1.54, 1.807) is 0 Å². The molecule has 198 valence electrons. The number of imidazole rings is 1. The number of fused-ring (bicyclic) bond motifs is 1. The van der Waals surface area contributed by atoms with E-state index in [0.29, 0.717) is 11.2 Å². The first kappa shape index (κ1) is 27.4. The summed E-state index contributed by atoms with van der Waals surface area (Å²) in [7, 11) is -4.71. The summed E-state index contributed by atoms with van der Waals surface area (Å²) in [6, 6.07) is 2.28. The first-order valence-corrected chi connectivity index (χ1v) is 12.9. The van der Waals surface area contributed by atoms with E-state index in [1.165, 1.54) is 23.6 Å². The van der Waals surface area contributed by atoms with E-state index in [-0.39, 0.29) is 38.7 Å². The van der Waals surface area contributed by atoms with Gasteiger partial charge in [0.25, 0.3) is 0 Å². The Morgan fingerprint density at radius 2 is 1.89 bits per heavy atom. The van der Waals surface area contributed by atoms with Crippen LogP contribution in [0.3, 0.4) is 0 Å². The first-order chi connectivity index (χ1) is 17.2. The molecule has 0 spiro atoms. The van der Waals surface area contributed by atoms with Gasteiger partial charge in [0, 0.05) is 24.0 Å². The molecule has 0 aliphatic heterocycles. The number of pyridine rings is 1. The zero-order chi connectivity index (χ0) is 27.1. The Morgan fingerprint density at radius 3 is 2.57 bits per heavy atom. The Balaban J connectivity index is 1.54. The van der Waals surface area contributed by atoms with Gasteiger partial charge in [-0.2, -0.15) is 13.2 Å². The van der Waals surface area contributed by atoms with Crippen LogP contribution in [0.4, 0.5) is 17.6 Å². The molecule has 0 saturated carbocycles. The summed E-state index contributed by atoms with van der Waals surface area (Å²) in [5, 5.41) is 8.57. The first-order valence-electron chi connectivity index (χ1n) is 10.2. The molecular weight excluding hydrogens is 565 g/mol. The fourth-order valence-corrected chi connectivity index (χ4v) is 4.72. The molecule has 0 aliphatic carbocycles. The van der Waals surface area contributed by atoms with Crippen molar-refractivity contribution in [1.82, 2.24) is 19.6 Å². The molecule has 37 heavy (non-hydrogen) atoms. The highest BCUT2D eigenvalue weighted by Crippen LogP contribution is 2.38. The van der Waals surface area contributed by atoms with Gasteiger partial charge in [0.15, 0.2) is 16.6 Å². The number of halogens is 5. The average molecular weight is 582 g/mol. The number of alkyl halides is 3. The molecule has 1 atom stereocenters. The lowest BCUT2D eigenvalue weighted by atomic mass is 10.2. The van der Waals surface area contributed by atoms with Gasteiger partial charge >= 0.3 is 14.0 Å². The number of aryl methyl sites for hydroxylation is 1. The van der Waals surface area contributed by atoms with Crippen molar-refractivity contribution in [2.24, 2.45) is 5.73 Å². The topological polar surface area (TPSA) is 145 Å². The molecular formula is C20H17ClF4N5O5PS. The minimum atomic E-state index is -4.71. The summed E-state index contributed by atoms with van der Waals surface area (Å²) in [5.41, 5.74) is 5.90. The van der Waals surface area contributed by atoms with Crippen LogP contribution in [0.5, 0.6) is 5.75 Å². The van der Waals surface area contributed by atoms with Crippen LogP contribution < -0.4 is 10.5 Å². The molecule has 0 bridgehead atoms. The van der Waals surface area contributed by atoms with Crippen LogP contribution in [-0.2, 0) is 15.3 Å². The highest BCUT2D eigenvalue weighted by atomic mass is 35.5. The van der Waals surface area contributed by atoms with Gasteiger partial charge in [-0.1, -0.05) is 22.9 Å². The molecule has 0 amide bonds. The molecule has 4 rings (SSSR count). The van der Waals surface area contributed by atoms with Crippen LogP contribution in [0.15, 0.2) is 30.6 Å². The molecule has 0 aliphatic rings. The van der Waals surface area contributed by atoms with Crippen molar-refractivity contribution in [3.63, 3.8) is 0 Å². The SMILES string of the molecule is Cc1cc(C(F)(F)F)cn2cc(-c3nnc(-c4cc(F)c(OCC(N)COP(=O)(O)O)cc4Cl)s3)nc12. The van der Waals surface area contributed by atoms with E-state index in [0.717, 1.165) is 29.7 Å². The van der Waals surface area contributed by atoms with E-state index >= 15 is 0 Å². The third kappa shape index (κ3) is 6.44. The molecule has 1 unspecified atom stereocenters. The van der Waals surface area contributed by atoms with Crippen molar-refractivity contribution >= 4 is 36.4 Å².